The minimum absolute atomic E-state index is 0.597. The van der Waals surface area contributed by atoms with Crippen LogP contribution in [0.3, 0.4) is 0 Å². The molecule has 0 saturated carbocycles. The van der Waals surface area contributed by atoms with E-state index in [1.807, 2.05) is 6.07 Å². The fourth-order valence-electron chi connectivity index (χ4n) is 10.2. The van der Waals surface area contributed by atoms with Crippen molar-refractivity contribution in [1.82, 2.24) is 19.5 Å². The first-order valence-corrected chi connectivity index (χ1v) is 22.3. The number of aromatic nitrogens is 4. The highest BCUT2D eigenvalue weighted by molar-refractivity contribution is 6.22. The van der Waals surface area contributed by atoms with E-state index in [1.54, 1.807) is 0 Å². The van der Waals surface area contributed by atoms with Crippen LogP contribution in [0, 0.1) is 0 Å². The zero-order chi connectivity index (χ0) is 43.3. The van der Waals surface area contributed by atoms with Crippen LogP contribution < -0.4 is 0 Å². The molecule has 11 aromatic carbocycles. The molecule has 0 aliphatic rings. The maximum absolute atomic E-state index is 6.68. The summed E-state index contributed by atoms with van der Waals surface area (Å²) in [6, 6.07) is 77.6. The van der Waals surface area contributed by atoms with E-state index in [2.05, 4.69) is 217 Å². The molecule has 0 spiro atoms. The molecule has 5 heteroatoms. The fourth-order valence-corrected chi connectivity index (χ4v) is 10.2. The van der Waals surface area contributed by atoms with E-state index in [9.17, 15) is 0 Å². The van der Waals surface area contributed by atoms with Crippen molar-refractivity contribution in [2.45, 2.75) is 0 Å². The highest BCUT2D eigenvalue weighted by Gasteiger charge is 2.21. The Morgan fingerprint density at radius 2 is 0.879 bits per heavy atom. The normalized spacial score (nSPS) is 11.9. The number of hydrogen-bond acceptors (Lipinski definition) is 4. The first-order chi connectivity index (χ1) is 32.7. The molecule has 5 nitrogen and oxygen atoms in total. The van der Waals surface area contributed by atoms with E-state index < -0.39 is 0 Å². The van der Waals surface area contributed by atoms with Gasteiger partial charge in [0.05, 0.1) is 16.7 Å². The van der Waals surface area contributed by atoms with Crippen LogP contribution in [0.15, 0.2) is 223 Å². The largest absolute Gasteiger partial charge is 0.456 e. The minimum atomic E-state index is 0.597. The number of rotatable bonds is 5. The van der Waals surface area contributed by atoms with Crippen molar-refractivity contribution < 1.29 is 4.42 Å². The van der Waals surface area contributed by atoms with E-state index in [-0.39, 0.29) is 0 Å². The molecule has 14 rings (SSSR count). The quantitative estimate of drug-likeness (QED) is 0.173. The first-order valence-electron chi connectivity index (χ1n) is 22.3. The molecule has 0 aliphatic heterocycles. The Morgan fingerprint density at radius 1 is 0.303 bits per heavy atom. The lowest BCUT2D eigenvalue weighted by Gasteiger charge is -2.15. The zero-order valence-corrected chi connectivity index (χ0v) is 35.5. The predicted molar refractivity (Wildman–Crippen MR) is 273 cm³/mol. The summed E-state index contributed by atoms with van der Waals surface area (Å²) in [5, 5.41) is 13.9. The van der Waals surface area contributed by atoms with Gasteiger partial charge >= 0.3 is 0 Å². The topological polar surface area (TPSA) is 56.7 Å². The van der Waals surface area contributed by atoms with Gasteiger partial charge in [-0.05, 0) is 85.2 Å². The molecule has 0 unspecified atom stereocenters. The van der Waals surface area contributed by atoms with Gasteiger partial charge in [-0.3, -0.25) is 0 Å². The number of fused-ring (bicyclic) bond motifs is 11. The molecule has 3 heterocycles. The Labute approximate surface area is 378 Å². The lowest BCUT2D eigenvalue weighted by atomic mass is 9.97. The maximum atomic E-state index is 6.68. The van der Waals surface area contributed by atoms with Crippen molar-refractivity contribution >= 4 is 86.8 Å². The number of para-hydroxylation sites is 2. The summed E-state index contributed by atoms with van der Waals surface area (Å²) in [6.07, 6.45) is 0. The lowest BCUT2D eigenvalue weighted by molar-refractivity contribution is 0.669. The summed E-state index contributed by atoms with van der Waals surface area (Å²) in [5.74, 6) is 1.82. The molecule has 0 bridgehead atoms. The summed E-state index contributed by atoms with van der Waals surface area (Å²) < 4.78 is 9.09. The van der Waals surface area contributed by atoms with Gasteiger partial charge in [0, 0.05) is 49.7 Å². The third kappa shape index (κ3) is 5.70. The van der Waals surface area contributed by atoms with Gasteiger partial charge in [-0.2, -0.15) is 0 Å². The van der Waals surface area contributed by atoms with Gasteiger partial charge in [0.1, 0.15) is 11.2 Å². The Bertz CT molecular complexity index is 4290. The van der Waals surface area contributed by atoms with Gasteiger partial charge < -0.3 is 8.98 Å². The minimum Gasteiger partial charge on any atom is -0.456 e. The van der Waals surface area contributed by atoms with Crippen LogP contribution in [-0.2, 0) is 0 Å². The lowest BCUT2D eigenvalue weighted by Crippen LogP contribution is -2.01. The molecule has 0 atom stereocenters. The van der Waals surface area contributed by atoms with Crippen molar-refractivity contribution in [2.24, 2.45) is 0 Å². The SMILES string of the molecule is c1ccc2cc(-c3nc(-c4ccc(-c5cccc6ccccc56)cc4)nc(-c4ccc5c(c4)c(-n4c6ccccc6c6cc7ccccc7cc64)cc4oc6ccccc6c45)n3)ccc2c1. The molecule has 66 heavy (non-hydrogen) atoms. The monoisotopic (exact) mass is 840 g/mol. The number of nitrogens with zero attached hydrogens (tertiary/aromatic N) is 4. The van der Waals surface area contributed by atoms with Crippen molar-refractivity contribution in [3.63, 3.8) is 0 Å². The van der Waals surface area contributed by atoms with Gasteiger partial charge in [0.15, 0.2) is 17.5 Å². The maximum Gasteiger partial charge on any atom is 0.164 e. The van der Waals surface area contributed by atoms with Crippen molar-refractivity contribution in [1.29, 1.82) is 0 Å². The van der Waals surface area contributed by atoms with Crippen molar-refractivity contribution in [3.05, 3.63) is 218 Å². The first kappa shape index (κ1) is 36.5. The highest BCUT2D eigenvalue weighted by Crippen LogP contribution is 2.43. The third-order valence-electron chi connectivity index (χ3n) is 13.4. The van der Waals surface area contributed by atoms with E-state index >= 15 is 0 Å². The second kappa shape index (κ2) is 14.3. The van der Waals surface area contributed by atoms with Gasteiger partial charge in [-0.25, -0.2) is 15.0 Å². The van der Waals surface area contributed by atoms with E-state index in [0.717, 1.165) is 82.5 Å². The molecular weight excluding hydrogens is 805 g/mol. The van der Waals surface area contributed by atoms with Gasteiger partial charge in [-0.15, -0.1) is 0 Å². The van der Waals surface area contributed by atoms with E-state index in [4.69, 9.17) is 19.4 Å². The molecule has 0 saturated heterocycles. The number of benzene rings is 11. The Kier molecular flexibility index (Phi) is 7.91. The summed E-state index contributed by atoms with van der Waals surface area (Å²) in [6.45, 7) is 0. The zero-order valence-electron chi connectivity index (χ0n) is 35.5. The standard InChI is InChI=1S/C61H36N4O/c1-2-14-41-32-44(29-24-37(41)12-1)60-62-59(40-27-25-39(26-28-40)47-21-11-17-38-13-5-6-18-46(38)47)63-61(64-60)45-30-31-49-52(34-45)55(36-57-58(49)50-20-8-10-23-56(50)66-57)65-53-22-9-7-19-48(53)51-33-42-15-3-4-16-43(42)35-54(51)65/h1-36H. The summed E-state index contributed by atoms with van der Waals surface area (Å²) >= 11 is 0. The molecular formula is C61H36N4O. The van der Waals surface area contributed by atoms with Crippen LogP contribution in [0.25, 0.3) is 138 Å². The van der Waals surface area contributed by atoms with E-state index in [1.165, 1.54) is 37.9 Å². The Morgan fingerprint density at radius 3 is 1.68 bits per heavy atom. The van der Waals surface area contributed by atoms with Crippen LogP contribution in [-0.4, -0.2) is 19.5 Å². The van der Waals surface area contributed by atoms with Crippen LogP contribution in [0.2, 0.25) is 0 Å². The average molecular weight is 841 g/mol. The predicted octanol–water partition coefficient (Wildman–Crippen LogP) is 16.1. The second-order valence-electron chi connectivity index (χ2n) is 17.2. The van der Waals surface area contributed by atoms with Crippen LogP contribution in [0.4, 0.5) is 0 Å². The molecule has 306 valence electrons. The van der Waals surface area contributed by atoms with Crippen LogP contribution in [0.1, 0.15) is 0 Å². The molecule has 0 aliphatic carbocycles. The summed E-state index contributed by atoms with van der Waals surface area (Å²) in [5.41, 5.74) is 10.0. The van der Waals surface area contributed by atoms with Crippen molar-refractivity contribution in [2.75, 3.05) is 0 Å². The Hall–Kier alpha value is -8.93. The molecule has 3 aromatic heterocycles. The molecule has 0 amide bonds. The van der Waals surface area contributed by atoms with Gasteiger partial charge in [0.25, 0.3) is 0 Å². The smallest absolute Gasteiger partial charge is 0.164 e. The van der Waals surface area contributed by atoms with E-state index in [0.29, 0.717) is 17.5 Å². The van der Waals surface area contributed by atoms with Crippen LogP contribution >= 0.6 is 0 Å². The number of hydrogen-bond donors (Lipinski definition) is 0. The second-order valence-corrected chi connectivity index (χ2v) is 17.2. The van der Waals surface area contributed by atoms with Gasteiger partial charge in [-0.1, -0.05) is 176 Å². The van der Waals surface area contributed by atoms with Gasteiger partial charge in [0.2, 0.25) is 0 Å². The summed E-state index contributed by atoms with van der Waals surface area (Å²) in [7, 11) is 0. The Balaban J connectivity index is 1.01. The number of furan rings is 1. The van der Waals surface area contributed by atoms with Crippen molar-refractivity contribution in [3.8, 4) is 51.0 Å². The molecule has 14 aromatic rings. The molecule has 0 N–H and O–H groups in total. The third-order valence-corrected chi connectivity index (χ3v) is 13.4. The summed E-state index contributed by atoms with van der Waals surface area (Å²) in [4.78, 5) is 15.8. The highest BCUT2D eigenvalue weighted by atomic mass is 16.3. The fraction of sp³-hybridized carbons (Fsp3) is 0. The molecule has 0 fully saturated rings. The molecule has 0 radical (unpaired) electrons. The van der Waals surface area contributed by atoms with Crippen LogP contribution in [0.5, 0.6) is 0 Å². The average Bonchev–Trinajstić information content (AvgIpc) is 3.92.